The van der Waals surface area contributed by atoms with Gasteiger partial charge in [-0.2, -0.15) is 11.8 Å². The third kappa shape index (κ3) is 6.78. The number of rotatable bonds is 9. The van der Waals surface area contributed by atoms with E-state index in [1.807, 2.05) is 12.1 Å². The Bertz CT molecular complexity index is 412. The SMILES string of the molecule is O=C(O)CC(OCCSCc1ccncc1)C(=O)O. The van der Waals surface area contributed by atoms with Gasteiger partial charge in [0.05, 0.1) is 13.0 Å². The number of carboxylic acids is 2. The Morgan fingerprint density at radius 2 is 2.00 bits per heavy atom. The van der Waals surface area contributed by atoms with E-state index in [0.29, 0.717) is 5.75 Å². The number of hydrogen-bond donors (Lipinski definition) is 2. The normalized spacial score (nSPS) is 12.0. The molecule has 0 aliphatic carbocycles. The number of ether oxygens (including phenoxy) is 1. The van der Waals surface area contributed by atoms with Gasteiger partial charge in [0, 0.05) is 23.9 Å². The summed E-state index contributed by atoms with van der Waals surface area (Å²) in [6.07, 6.45) is 1.61. The summed E-state index contributed by atoms with van der Waals surface area (Å²) < 4.78 is 5.04. The first-order valence-corrected chi connectivity index (χ1v) is 6.78. The number of aromatic nitrogens is 1. The zero-order valence-corrected chi connectivity index (χ0v) is 11.0. The van der Waals surface area contributed by atoms with Gasteiger partial charge in [0.25, 0.3) is 0 Å². The molecule has 6 nitrogen and oxygen atoms in total. The molecule has 2 N–H and O–H groups in total. The van der Waals surface area contributed by atoms with Crippen molar-refractivity contribution in [2.75, 3.05) is 12.4 Å². The molecule has 0 fully saturated rings. The summed E-state index contributed by atoms with van der Waals surface area (Å²) in [5.41, 5.74) is 1.13. The highest BCUT2D eigenvalue weighted by Crippen LogP contribution is 2.11. The van der Waals surface area contributed by atoms with Crippen LogP contribution in [0.2, 0.25) is 0 Å². The zero-order valence-electron chi connectivity index (χ0n) is 10.2. The lowest BCUT2D eigenvalue weighted by atomic mass is 10.2. The second-order valence-electron chi connectivity index (χ2n) is 3.70. The van der Waals surface area contributed by atoms with Crippen LogP contribution in [0.15, 0.2) is 24.5 Å². The molecule has 104 valence electrons. The van der Waals surface area contributed by atoms with Crippen molar-refractivity contribution < 1.29 is 24.5 Å². The Hall–Kier alpha value is -1.60. The molecule has 0 saturated heterocycles. The molecule has 1 rings (SSSR count). The number of carbonyl (C=O) groups is 2. The first-order chi connectivity index (χ1) is 9.09. The minimum Gasteiger partial charge on any atom is -0.481 e. The number of thioether (sulfide) groups is 1. The highest BCUT2D eigenvalue weighted by Gasteiger charge is 2.21. The minimum atomic E-state index is -1.28. The number of pyridine rings is 1. The molecule has 7 heteroatoms. The Labute approximate surface area is 114 Å². The molecule has 1 aromatic heterocycles. The number of aliphatic carboxylic acids is 2. The van der Waals surface area contributed by atoms with Crippen molar-refractivity contribution in [2.24, 2.45) is 0 Å². The maximum Gasteiger partial charge on any atom is 0.333 e. The number of hydrogen-bond acceptors (Lipinski definition) is 5. The van der Waals surface area contributed by atoms with E-state index in [1.165, 1.54) is 0 Å². The summed E-state index contributed by atoms with van der Waals surface area (Å²) in [5, 5.41) is 17.3. The van der Waals surface area contributed by atoms with E-state index < -0.39 is 24.5 Å². The second-order valence-corrected chi connectivity index (χ2v) is 4.81. The lowest BCUT2D eigenvalue weighted by Crippen LogP contribution is -2.27. The number of carboxylic acid groups (broad SMARTS) is 2. The Balaban J connectivity index is 2.18. The smallest absolute Gasteiger partial charge is 0.333 e. The monoisotopic (exact) mass is 285 g/mol. The third-order valence-corrected chi connectivity index (χ3v) is 3.19. The van der Waals surface area contributed by atoms with Gasteiger partial charge >= 0.3 is 11.9 Å². The van der Waals surface area contributed by atoms with E-state index in [4.69, 9.17) is 14.9 Å². The topological polar surface area (TPSA) is 96.7 Å². The van der Waals surface area contributed by atoms with E-state index in [1.54, 1.807) is 24.2 Å². The summed E-state index contributed by atoms with van der Waals surface area (Å²) in [5.74, 6) is -1.05. The average molecular weight is 285 g/mol. The maximum absolute atomic E-state index is 10.7. The van der Waals surface area contributed by atoms with E-state index in [2.05, 4.69) is 4.98 Å². The van der Waals surface area contributed by atoms with Crippen LogP contribution in [-0.4, -0.2) is 45.6 Å². The first kappa shape index (κ1) is 15.5. The van der Waals surface area contributed by atoms with Crippen LogP contribution in [0.1, 0.15) is 12.0 Å². The van der Waals surface area contributed by atoms with Gasteiger partial charge in [0.15, 0.2) is 6.10 Å². The van der Waals surface area contributed by atoms with Crippen LogP contribution in [0.25, 0.3) is 0 Å². The summed E-state index contributed by atoms with van der Waals surface area (Å²) in [6.45, 7) is 0.208. The average Bonchev–Trinajstić information content (AvgIpc) is 2.37. The summed E-state index contributed by atoms with van der Waals surface area (Å²) >= 11 is 1.59. The molecule has 0 aliphatic rings. The summed E-state index contributed by atoms with van der Waals surface area (Å²) in [6, 6.07) is 3.80. The fraction of sp³-hybridized carbons (Fsp3) is 0.417. The fourth-order valence-electron chi connectivity index (χ4n) is 1.29. The molecule has 0 aromatic carbocycles. The molecule has 0 amide bonds. The van der Waals surface area contributed by atoms with Gasteiger partial charge in [-0.15, -0.1) is 0 Å². The molecular formula is C12H15NO5S. The van der Waals surface area contributed by atoms with Gasteiger partial charge in [-0.3, -0.25) is 9.78 Å². The van der Waals surface area contributed by atoms with Crippen LogP contribution in [-0.2, 0) is 20.1 Å². The molecule has 0 radical (unpaired) electrons. The van der Waals surface area contributed by atoms with Crippen LogP contribution in [0.5, 0.6) is 0 Å². The molecule has 1 heterocycles. The molecule has 1 atom stereocenters. The largest absolute Gasteiger partial charge is 0.481 e. The van der Waals surface area contributed by atoms with E-state index in [0.717, 1.165) is 11.3 Å². The molecule has 1 aromatic rings. The molecule has 19 heavy (non-hydrogen) atoms. The predicted molar refractivity (Wildman–Crippen MR) is 70.0 cm³/mol. The maximum atomic E-state index is 10.7. The van der Waals surface area contributed by atoms with Crippen LogP contribution in [0.3, 0.4) is 0 Å². The van der Waals surface area contributed by atoms with Crippen molar-refractivity contribution in [3.05, 3.63) is 30.1 Å². The summed E-state index contributed by atoms with van der Waals surface area (Å²) in [7, 11) is 0. The number of nitrogens with zero attached hydrogens (tertiary/aromatic N) is 1. The first-order valence-electron chi connectivity index (χ1n) is 5.62. The van der Waals surface area contributed by atoms with Gasteiger partial charge in [0.1, 0.15) is 0 Å². The summed E-state index contributed by atoms with van der Waals surface area (Å²) in [4.78, 5) is 25.1. The van der Waals surface area contributed by atoms with Gasteiger partial charge in [0.2, 0.25) is 0 Å². The predicted octanol–water partition coefficient (Wildman–Crippen LogP) is 1.26. The minimum absolute atomic E-state index is 0.208. The van der Waals surface area contributed by atoms with Crippen molar-refractivity contribution in [1.82, 2.24) is 4.98 Å². The Kier molecular flexibility index (Phi) is 6.91. The second kappa shape index (κ2) is 8.49. The van der Waals surface area contributed by atoms with Crippen molar-refractivity contribution in [2.45, 2.75) is 18.3 Å². The third-order valence-electron chi connectivity index (χ3n) is 2.20. The Morgan fingerprint density at radius 1 is 1.32 bits per heavy atom. The van der Waals surface area contributed by atoms with Crippen molar-refractivity contribution in [3.63, 3.8) is 0 Å². The quantitative estimate of drug-likeness (QED) is 0.659. The molecule has 0 bridgehead atoms. The molecule has 1 unspecified atom stereocenters. The van der Waals surface area contributed by atoms with Crippen LogP contribution >= 0.6 is 11.8 Å². The zero-order chi connectivity index (χ0) is 14.1. The van der Waals surface area contributed by atoms with Gasteiger partial charge in [-0.05, 0) is 17.7 Å². The highest BCUT2D eigenvalue weighted by molar-refractivity contribution is 7.98. The van der Waals surface area contributed by atoms with Crippen molar-refractivity contribution in [1.29, 1.82) is 0 Å². The van der Waals surface area contributed by atoms with Gasteiger partial charge in [-0.1, -0.05) is 0 Å². The van der Waals surface area contributed by atoms with Gasteiger partial charge in [-0.25, -0.2) is 4.79 Å². The van der Waals surface area contributed by atoms with E-state index >= 15 is 0 Å². The lowest BCUT2D eigenvalue weighted by molar-refractivity contribution is -0.156. The van der Waals surface area contributed by atoms with Crippen LogP contribution in [0, 0.1) is 0 Å². The highest BCUT2D eigenvalue weighted by atomic mass is 32.2. The Morgan fingerprint density at radius 3 is 2.58 bits per heavy atom. The van der Waals surface area contributed by atoms with E-state index in [9.17, 15) is 9.59 Å². The van der Waals surface area contributed by atoms with Crippen LogP contribution < -0.4 is 0 Å². The lowest BCUT2D eigenvalue weighted by Gasteiger charge is -2.11. The van der Waals surface area contributed by atoms with Crippen molar-refractivity contribution in [3.8, 4) is 0 Å². The molecule has 0 saturated carbocycles. The molecule has 0 aliphatic heterocycles. The van der Waals surface area contributed by atoms with Gasteiger partial charge < -0.3 is 14.9 Å². The van der Waals surface area contributed by atoms with Crippen molar-refractivity contribution >= 4 is 23.7 Å². The fourth-order valence-corrected chi connectivity index (χ4v) is 2.08. The molecule has 0 spiro atoms. The molecular weight excluding hydrogens is 270 g/mol. The van der Waals surface area contributed by atoms with E-state index in [-0.39, 0.29) is 6.61 Å². The standard InChI is InChI=1S/C12H15NO5S/c14-11(15)7-10(12(16)17)18-5-6-19-8-9-1-3-13-4-2-9/h1-4,10H,5-8H2,(H,14,15)(H,16,17). The van der Waals surface area contributed by atoms with Crippen LogP contribution in [0.4, 0.5) is 0 Å².